The number of rotatable bonds is 4. The molecule has 0 aliphatic carbocycles. The van der Waals surface area contributed by atoms with Gasteiger partial charge < -0.3 is 10.2 Å². The van der Waals surface area contributed by atoms with Gasteiger partial charge in [0.1, 0.15) is 16.5 Å². The van der Waals surface area contributed by atoms with Crippen molar-refractivity contribution in [3.05, 3.63) is 41.7 Å². The van der Waals surface area contributed by atoms with E-state index in [2.05, 4.69) is 15.3 Å². The van der Waals surface area contributed by atoms with Gasteiger partial charge in [-0.25, -0.2) is 18.4 Å². The number of carbonyl (C=O) groups is 1. The van der Waals surface area contributed by atoms with Crippen LogP contribution in [-0.2, 0) is 14.6 Å². The van der Waals surface area contributed by atoms with E-state index < -0.39 is 9.84 Å². The molecule has 3 heterocycles. The predicted molar refractivity (Wildman–Crippen MR) is 100 cm³/mol. The van der Waals surface area contributed by atoms with E-state index in [1.807, 2.05) is 4.90 Å². The van der Waals surface area contributed by atoms with Gasteiger partial charge in [0.15, 0.2) is 9.84 Å². The normalized spacial score (nSPS) is 17.8. The van der Waals surface area contributed by atoms with Crippen LogP contribution in [0.3, 0.4) is 0 Å². The Kier molecular flexibility index (Phi) is 5.43. The summed E-state index contributed by atoms with van der Waals surface area (Å²) in [7, 11) is -3.40. The number of pyridine rings is 2. The first kappa shape index (κ1) is 18.6. The lowest BCUT2D eigenvalue weighted by molar-refractivity contribution is -0.120. The molecule has 1 aliphatic heterocycles. The maximum atomic E-state index is 12.6. The molecule has 0 aromatic carbocycles. The van der Waals surface area contributed by atoms with Crippen molar-refractivity contribution in [3.8, 4) is 0 Å². The molecule has 26 heavy (non-hydrogen) atoms. The van der Waals surface area contributed by atoms with Crippen molar-refractivity contribution in [2.75, 3.05) is 29.6 Å². The smallest absolute Gasteiger partial charge is 0.230 e. The molecule has 0 radical (unpaired) electrons. The van der Waals surface area contributed by atoms with Gasteiger partial charge in [0.05, 0.1) is 10.9 Å². The Bertz CT molecular complexity index is 902. The fourth-order valence-corrected chi connectivity index (χ4v) is 3.92. The van der Waals surface area contributed by atoms with Gasteiger partial charge in [-0.1, -0.05) is 11.6 Å². The number of sulfone groups is 1. The SMILES string of the molecule is CS(=O)(=O)c1cccnc1N1CCCC(C(=O)Nc2ccc(Cl)cn2)C1. The van der Waals surface area contributed by atoms with Crippen molar-refractivity contribution < 1.29 is 13.2 Å². The Morgan fingerprint density at radius 3 is 2.81 bits per heavy atom. The van der Waals surface area contributed by atoms with Crippen LogP contribution in [0.15, 0.2) is 41.6 Å². The molecule has 9 heteroatoms. The Morgan fingerprint density at radius 2 is 2.12 bits per heavy atom. The van der Waals surface area contributed by atoms with Crippen LogP contribution < -0.4 is 10.2 Å². The van der Waals surface area contributed by atoms with E-state index in [-0.39, 0.29) is 16.7 Å². The monoisotopic (exact) mass is 394 g/mol. The zero-order valence-corrected chi connectivity index (χ0v) is 15.8. The van der Waals surface area contributed by atoms with E-state index in [0.717, 1.165) is 19.1 Å². The van der Waals surface area contributed by atoms with Crippen molar-refractivity contribution in [2.45, 2.75) is 17.7 Å². The number of aromatic nitrogens is 2. The van der Waals surface area contributed by atoms with Crippen LogP contribution in [0.4, 0.5) is 11.6 Å². The molecular formula is C17H19ClN4O3S. The fraction of sp³-hybridized carbons (Fsp3) is 0.353. The second-order valence-electron chi connectivity index (χ2n) is 6.23. The van der Waals surface area contributed by atoms with Crippen LogP contribution in [-0.4, -0.2) is 43.6 Å². The van der Waals surface area contributed by atoms with Crippen molar-refractivity contribution >= 4 is 39.0 Å². The highest BCUT2D eigenvalue weighted by Crippen LogP contribution is 2.27. The highest BCUT2D eigenvalue weighted by Gasteiger charge is 2.29. The van der Waals surface area contributed by atoms with Gasteiger partial charge in [-0.2, -0.15) is 0 Å². The second-order valence-corrected chi connectivity index (χ2v) is 8.65. The first-order chi connectivity index (χ1) is 12.3. The molecule has 7 nitrogen and oxygen atoms in total. The Labute approximate surface area is 157 Å². The lowest BCUT2D eigenvalue weighted by Gasteiger charge is -2.33. The average Bonchev–Trinajstić information content (AvgIpc) is 2.63. The van der Waals surface area contributed by atoms with Gasteiger partial charge in [0.25, 0.3) is 0 Å². The topological polar surface area (TPSA) is 92.3 Å². The molecule has 1 aliphatic rings. The molecule has 1 N–H and O–H groups in total. The van der Waals surface area contributed by atoms with Gasteiger partial charge in [-0.3, -0.25) is 4.79 Å². The quantitative estimate of drug-likeness (QED) is 0.855. The maximum absolute atomic E-state index is 12.6. The number of halogens is 1. The van der Waals surface area contributed by atoms with E-state index in [1.165, 1.54) is 6.20 Å². The van der Waals surface area contributed by atoms with Crippen LogP contribution >= 0.6 is 11.6 Å². The van der Waals surface area contributed by atoms with Crippen LogP contribution in [0.1, 0.15) is 12.8 Å². The van der Waals surface area contributed by atoms with Crippen molar-refractivity contribution in [1.82, 2.24) is 9.97 Å². The molecule has 1 unspecified atom stereocenters. The van der Waals surface area contributed by atoms with Gasteiger partial charge in [0.2, 0.25) is 5.91 Å². The number of nitrogens with one attached hydrogen (secondary N) is 1. The van der Waals surface area contributed by atoms with E-state index in [9.17, 15) is 13.2 Å². The molecule has 2 aromatic heterocycles. The lowest BCUT2D eigenvalue weighted by Crippen LogP contribution is -2.41. The molecule has 1 fully saturated rings. The van der Waals surface area contributed by atoms with Crippen molar-refractivity contribution in [2.24, 2.45) is 5.92 Å². The van der Waals surface area contributed by atoms with Crippen LogP contribution in [0, 0.1) is 5.92 Å². The minimum Gasteiger partial charge on any atom is -0.355 e. The maximum Gasteiger partial charge on any atom is 0.230 e. The number of hydrogen-bond acceptors (Lipinski definition) is 6. The summed E-state index contributed by atoms with van der Waals surface area (Å²) in [4.78, 5) is 22.9. The summed E-state index contributed by atoms with van der Waals surface area (Å²) in [6.07, 6.45) is 5.68. The number of piperidine rings is 1. The number of anilines is 2. The van der Waals surface area contributed by atoms with E-state index in [0.29, 0.717) is 29.7 Å². The molecule has 3 rings (SSSR count). The number of amides is 1. The lowest BCUT2D eigenvalue weighted by atomic mass is 9.97. The van der Waals surface area contributed by atoms with E-state index >= 15 is 0 Å². The summed E-state index contributed by atoms with van der Waals surface area (Å²) in [5, 5.41) is 3.28. The second kappa shape index (κ2) is 7.59. The zero-order valence-electron chi connectivity index (χ0n) is 14.2. The molecule has 1 saturated heterocycles. The Hall–Kier alpha value is -2.19. The minimum atomic E-state index is -3.40. The molecular weight excluding hydrogens is 376 g/mol. The van der Waals surface area contributed by atoms with Crippen LogP contribution in [0.2, 0.25) is 5.02 Å². The number of carbonyl (C=O) groups excluding carboxylic acids is 1. The number of hydrogen-bond donors (Lipinski definition) is 1. The first-order valence-electron chi connectivity index (χ1n) is 8.17. The summed E-state index contributed by atoms with van der Waals surface area (Å²) < 4.78 is 24.0. The molecule has 0 bridgehead atoms. The van der Waals surface area contributed by atoms with E-state index in [1.54, 1.807) is 30.5 Å². The molecule has 0 saturated carbocycles. The first-order valence-corrected chi connectivity index (χ1v) is 10.4. The van der Waals surface area contributed by atoms with E-state index in [4.69, 9.17) is 11.6 Å². The predicted octanol–water partition coefficient (Wildman–Crippen LogP) is 2.39. The van der Waals surface area contributed by atoms with Gasteiger partial charge >= 0.3 is 0 Å². The Morgan fingerprint density at radius 1 is 1.31 bits per heavy atom. The summed E-state index contributed by atoms with van der Waals surface area (Å²) in [5.74, 6) is 0.403. The molecule has 2 aromatic rings. The van der Waals surface area contributed by atoms with Gasteiger partial charge in [0, 0.05) is 31.7 Å². The molecule has 138 valence electrons. The van der Waals surface area contributed by atoms with Crippen LogP contribution in [0.25, 0.3) is 0 Å². The highest BCUT2D eigenvalue weighted by atomic mass is 35.5. The van der Waals surface area contributed by atoms with Crippen LogP contribution in [0.5, 0.6) is 0 Å². The summed E-state index contributed by atoms with van der Waals surface area (Å²) in [6.45, 7) is 1.06. The largest absolute Gasteiger partial charge is 0.355 e. The zero-order chi connectivity index (χ0) is 18.7. The van der Waals surface area contributed by atoms with Gasteiger partial charge in [-0.05, 0) is 37.1 Å². The third-order valence-corrected chi connectivity index (χ3v) is 5.56. The summed E-state index contributed by atoms with van der Waals surface area (Å²) >= 11 is 5.80. The summed E-state index contributed by atoms with van der Waals surface area (Å²) in [5.41, 5.74) is 0. The third kappa shape index (κ3) is 4.31. The summed E-state index contributed by atoms with van der Waals surface area (Å²) in [6, 6.07) is 6.43. The molecule has 1 atom stereocenters. The fourth-order valence-electron chi connectivity index (χ4n) is 2.97. The third-order valence-electron chi connectivity index (χ3n) is 4.22. The standard InChI is InChI=1S/C17H19ClN4O3S/c1-26(24,25)14-5-2-8-19-16(14)22-9-3-4-12(11-22)17(23)21-15-7-6-13(18)10-20-15/h2,5-8,10,12H,3-4,9,11H2,1H3,(H,20,21,23). The van der Waals surface area contributed by atoms with Crippen molar-refractivity contribution in [3.63, 3.8) is 0 Å². The van der Waals surface area contributed by atoms with Gasteiger partial charge in [-0.15, -0.1) is 0 Å². The number of nitrogens with zero attached hydrogens (tertiary/aromatic N) is 3. The average molecular weight is 395 g/mol. The minimum absolute atomic E-state index is 0.152. The molecule has 0 spiro atoms. The van der Waals surface area contributed by atoms with Crippen molar-refractivity contribution in [1.29, 1.82) is 0 Å². The highest BCUT2D eigenvalue weighted by molar-refractivity contribution is 7.90. The Balaban J connectivity index is 1.76. The molecule has 1 amide bonds.